The summed E-state index contributed by atoms with van der Waals surface area (Å²) in [5, 5.41) is 0. The van der Waals surface area contributed by atoms with Crippen LogP contribution in [0.3, 0.4) is 0 Å². The molecule has 1 saturated heterocycles. The van der Waals surface area contributed by atoms with Crippen molar-refractivity contribution in [2.24, 2.45) is 5.92 Å². The van der Waals surface area contributed by atoms with Gasteiger partial charge in [0.15, 0.2) is 0 Å². The first-order valence-electron chi connectivity index (χ1n) is 7.92. The van der Waals surface area contributed by atoms with Crippen LogP contribution in [0.15, 0.2) is 24.3 Å². The van der Waals surface area contributed by atoms with E-state index in [-0.39, 0.29) is 0 Å². The van der Waals surface area contributed by atoms with Crippen molar-refractivity contribution >= 4 is 0 Å². The van der Waals surface area contributed by atoms with Gasteiger partial charge in [0, 0.05) is 13.1 Å². The summed E-state index contributed by atoms with van der Waals surface area (Å²) in [6.07, 6.45) is 5.04. The van der Waals surface area contributed by atoms with Crippen LogP contribution < -0.4 is 4.74 Å². The molecule has 0 amide bonds. The Kier molecular flexibility index (Phi) is 4.93. The fraction of sp³-hybridized carbons (Fsp3) is 0.647. The van der Waals surface area contributed by atoms with E-state index in [1.54, 1.807) is 0 Å². The van der Waals surface area contributed by atoms with Crippen molar-refractivity contribution in [2.75, 3.05) is 39.5 Å². The van der Waals surface area contributed by atoms with Gasteiger partial charge in [0.25, 0.3) is 0 Å². The lowest BCUT2D eigenvalue weighted by Crippen LogP contribution is -2.36. The van der Waals surface area contributed by atoms with E-state index in [1.165, 1.54) is 31.4 Å². The average Bonchev–Trinajstić information content (AvgIpc) is 3.31. The van der Waals surface area contributed by atoms with Crippen LogP contribution in [0.25, 0.3) is 0 Å². The van der Waals surface area contributed by atoms with Crippen molar-refractivity contribution in [1.82, 2.24) is 4.90 Å². The first kappa shape index (κ1) is 13.9. The van der Waals surface area contributed by atoms with E-state index >= 15 is 0 Å². The Morgan fingerprint density at radius 1 is 1.20 bits per heavy atom. The van der Waals surface area contributed by atoms with Gasteiger partial charge in [0.1, 0.15) is 5.75 Å². The van der Waals surface area contributed by atoms with Crippen LogP contribution in [0.5, 0.6) is 5.75 Å². The van der Waals surface area contributed by atoms with E-state index < -0.39 is 0 Å². The van der Waals surface area contributed by atoms with Gasteiger partial charge >= 0.3 is 0 Å². The van der Waals surface area contributed by atoms with Crippen LogP contribution in [0, 0.1) is 5.92 Å². The van der Waals surface area contributed by atoms with Gasteiger partial charge in [0.05, 0.1) is 19.8 Å². The Balaban J connectivity index is 1.40. The Hall–Kier alpha value is -1.06. The molecule has 3 rings (SSSR count). The van der Waals surface area contributed by atoms with E-state index in [1.807, 2.05) is 0 Å². The van der Waals surface area contributed by atoms with Gasteiger partial charge in [-0.2, -0.15) is 0 Å². The molecular formula is C17H25NO2. The molecule has 0 aromatic heterocycles. The number of rotatable bonds is 7. The number of hydrogen-bond donors (Lipinski definition) is 0. The highest BCUT2D eigenvalue weighted by molar-refractivity contribution is 5.28. The molecule has 3 nitrogen and oxygen atoms in total. The molecule has 0 bridgehead atoms. The van der Waals surface area contributed by atoms with Crippen LogP contribution in [0.2, 0.25) is 0 Å². The highest BCUT2D eigenvalue weighted by Crippen LogP contribution is 2.29. The van der Waals surface area contributed by atoms with Gasteiger partial charge in [-0.3, -0.25) is 4.90 Å². The van der Waals surface area contributed by atoms with Crippen LogP contribution >= 0.6 is 0 Å². The fourth-order valence-electron chi connectivity index (χ4n) is 2.62. The molecule has 1 aliphatic carbocycles. The molecule has 1 aromatic rings. The van der Waals surface area contributed by atoms with E-state index in [9.17, 15) is 0 Å². The molecule has 110 valence electrons. The third kappa shape index (κ3) is 4.50. The minimum Gasteiger partial charge on any atom is -0.493 e. The highest BCUT2D eigenvalue weighted by Gasteiger charge is 2.21. The maximum absolute atomic E-state index is 5.84. The minimum atomic E-state index is 0.819. The van der Waals surface area contributed by atoms with Crippen molar-refractivity contribution < 1.29 is 9.47 Å². The zero-order valence-electron chi connectivity index (χ0n) is 12.2. The summed E-state index contributed by atoms with van der Waals surface area (Å²) in [6.45, 7) is 6.04. The molecule has 0 atom stereocenters. The summed E-state index contributed by atoms with van der Waals surface area (Å²) in [5.41, 5.74) is 1.39. The standard InChI is InChI=1S/C17H25NO2/c1-3-15(4-2-8-18-9-11-19-12-10-18)13-17(5-1)20-14-16-6-7-16/h1,3,5,13,16H,2,4,6-12,14H2. The van der Waals surface area contributed by atoms with Gasteiger partial charge in [-0.25, -0.2) is 0 Å². The number of hydrogen-bond acceptors (Lipinski definition) is 3. The molecular weight excluding hydrogens is 250 g/mol. The molecule has 1 aromatic carbocycles. The summed E-state index contributed by atoms with van der Waals surface area (Å²) < 4.78 is 11.2. The predicted molar refractivity (Wildman–Crippen MR) is 80.2 cm³/mol. The Labute approximate surface area is 121 Å². The summed E-state index contributed by atoms with van der Waals surface area (Å²) in [7, 11) is 0. The number of benzene rings is 1. The Morgan fingerprint density at radius 2 is 2.05 bits per heavy atom. The van der Waals surface area contributed by atoms with E-state index in [4.69, 9.17) is 9.47 Å². The molecule has 2 fully saturated rings. The lowest BCUT2D eigenvalue weighted by atomic mass is 10.1. The number of morpholine rings is 1. The molecule has 2 aliphatic rings. The molecule has 0 spiro atoms. The number of ether oxygens (including phenoxy) is 2. The number of aryl methyl sites for hydroxylation is 1. The van der Waals surface area contributed by atoms with E-state index in [2.05, 4.69) is 29.2 Å². The van der Waals surface area contributed by atoms with Crippen LogP contribution in [-0.2, 0) is 11.2 Å². The van der Waals surface area contributed by atoms with Crippen LogP contribution in [-0.4, -0.2) is 44.4 Å². The van der Waals surface area contributed by atoms with Gasteiger partial charge in [0.2, 0.25) is 0 Å². The van der Waals surface area contributed by atoms with E-state index in [0.717, 1.165) is 51.0 Å². The smallest absolute Gasteiger partial charge is 0.119 e. The lowest BCUT2D eigenvalue weighted by molar-refractivity contribution is 0.0374. The summed E-state index contributed by atoms with van der Waals surface area (Å²) in [4.78, 5) is 2.50. The largest absolute Gasteiger partial charge is 0.493 e. The first-order valence-corrected chi connectivity index (χ1v) is 7.92. The van der Waals surface area contributed by atoms with Crippen molar-refractivity contribution in [2.45, 2.75) is 25.7 Å². The third-order valence-electron chi connectivity index (χ3n) is 4.12. The second-order valence-corrected chi connectivity index (χ2v) is 5.96. The van der Waals surface area contributed by atoms with Gasteiger partial charge in [-0.1, -0.05) is 12.1 Å². The summed E-state index contributed by atoms with van der Waals surface area (Å²) in [6, 6.07) is 8.62. The summed E-state index contributed by atoms with van der Waals surface area (Å²) >= 11 is 0. The van der Waals surface area contributed by atoms with Crippen molar-refractivity contribution in [3.63, 3.8) is 0 Å². The van der Waals surface area contributed by atoms with Gasteiger partial charge in [-0.15, -0.1) is 0 Å². The van der Waals surface area contributed by atoms with Crippen molar-refractivity contribution in [3.8, 4) is 5.75 Å². The average molecular weight is 275 g/mol. The second kappa shape index (κ2) is 7.09. The molecule has 0 unspecified atom stereocenters. The Bertz CT molecular complexity index is 411. The maximum Gasteiger partial charge on any atom is 0.119 e. The molecule has 1 aliphatic heterocycles. The zero-order valence-corrected chi connectivity index (χ0v) is 12.2. The van der Waals surface area contributed by atoms with Crippen LogP contribution in [0.1, 0.15) is 24.8 Å². The maximum atomic E-state index is 5.84. The monoisotopic (exact) mass is 275 g/mol. The fourth-order valence-corrected chi connectivity index (χ4v) is 2.62. The SMILES string of the molecule is c1cc(CCCN2CCOCC2)cc(OCC2CC2)c1. The first-order chi connectivity index (χ1) is 9.90. The zero-order chi connectivity index (χ0) is 13.6. The predicted octanol–water partition coefficient (Wildman–Crippen LogP) is 2.74. The lowest BCUT2D eigenvalue weighted by Gasteiger charge is -2.26. The molecule has 1 heterocycles. The molecule has 0 radical (unpaired) electrons. The Morgan fingerprint density at radius 3 is 2.85 bits per heavy atom. The molecule has 1 saturated carbocycles. The van der Waals surface area contributed by atoms with Gasteiger partial charge in [-0.05, 0) is 55.8 Å². The minimum absolute atomic E-state index is 0.819. The second-order valence-electron chi connectivity index (χ2n) is 5.96. The molecule has 0 N–H and O–H groups in total. The molecule has 20 heavy (non-hydrogen) atoms. The summed E-state index contributed by atoms with van der Waals surface area (Å²) in [5.74, 6) is 1.86. The van der Waals surface area contributed by atoms with Crippen molar-refractivity contribution in [1.29, 1.82) is 0 Å². The highest BCUT2D eigenvalue weighted by atomic mass is 16.5. The number of nitrogens with zero attached hydrogens (tertiary/aromatic N) is 1. The van der Waals surface area contributed by atoms with Crippen LogP contribution in [0.4, 0.5) is 0 Å². The van der Waals surface area contributed by atoms with Crippen molar-refractivity contribution in [3.05, 3.63) is 29.8 Å². The topological polar surface area (TPSA) is 21.7 Å². The third-order valence-corrected chi connectivity index (χ3v) is 4.12. The van der Waals surface area contributed by atoms with Gasteiger partial charge < -0.3 is 9.47 Å². The quantitative estimate of drug-likeness (QED) is 0.764. The van der Waals surface area contributed by atoms with E-state index in [0.29, 0.717) is 0 Å². The normalized spacial score (nSPS) is 20.0. The molecule has 3 heteroatoms.